The molecule has 0 bridgehead atoms. The van der Waals surface area contributed by atoms with E-state index in [1.165, 1.54) is 0 Å². The van der Waals surface area contributed by atoms with Gasteiger partial charge in [-0.05, 0) is 27.7 Å². The maximum atomic E-state index is 11.7. The second kappa shape index (κ2) is 5.01. The Balaban J connectivity index is 2.72. The first kappa shape index (κ1) is 12.5. The Kier molecular flexibility index (Phi) is 3.93. The van der Waals surface area contributed by atoms with Gasteiger partial charge in [0.25, 0.3) is 0 Å². The van der Waals surface area contributed by atoms with Gasteiger partial charge in [0.15, 0.2) is 0 Å². The summed E-state index contributed by atoms with van der Waals surface area (Å²) in [5, 5.41) is 7.02. The molecule has 0 radical (unpaired) electrons. The molecule has 0 aliphatic rings. The summed E-state index contributed by atoms with van der Waals surface area (Å²) in [5.74, 6) is 0. The zero-order valence-electron chi connectivity index (χ0n) is 10.6. The Morgan fingerprint density at radius 1 is 1.44 bits per heavy atom. The predicted molar refractivity (Wildman–Crippen MR) is 64.7 cm³/mol. The number of nitrogens with zero attached hydrogens (tertiary/aromatic N) is 3. The molecule has 1 rings (SSSR count). The lowest BCUT2D eigenvalue weighted by Crippen LogP contribution is -2.40. The highest BCUT2D eigenvalue weighted by Crippen LogP contribution is 2.13. The van der Waals surface area contributed by atoms with Gasteiger partial charge in [-0.1, -0.05) is 0 Å². The topological polar surface area (TPSA) is 50.2 Å². The number of urea groups is 1. The van der Waals surface area contributed by atoms with Crippen molar-refractivity contribution in [3.8, 4) is 0 Å². The number of rotatable bonds is 3. The molecular formula is C11H20N4O. The molecule has 1 aromatic rings. The average molecular weight is 224 g/mol. The monoisotopic (exact) mass is 224 g/mol. The van der Waals surface area contributed by atoms with Gasteiger partial charge in [-0.2, -0.15) is 5.10 Å². The lowest BCUT2D eigenvalue weighted by molar-refractivity contribution is 0.245. The molecule has 5 nitrogen and oxygen atoms in total. The van der Waals surface area contributed by atoms with Crippen LogP contribution in [0.5, 0.6) is 0 Å². The smallest absolute Gasteiger partial charge is 0.321 e. The molecule has 1 aromatic heterocycles. The second-order valence-electron chi connectivity index (χ2n) is 4.44. The van der Waals surface area contributed by atoms with Crippen molar-refractivity contribution in [1.29, 1.82) is 0 Å². The highest BCUT2D eigenvalue weighted by molar-refractivity contribution is 5.91. The minimum absolute atomic E-state index is 0.113. The van der Waals surface area contributed by atoms with E-state index >= 15 is 0 Å². The number of carbonyl (C=O) groups is 1. The van der Waals surface area contributed by atoms with Crippen molar-refractivity contribution in [2.75, 3.05) is 11.9 Å². The summed E-state index contributed by atoms with van der Waals surface area (Å²) in [6, 6.07) is 0.323. The number of anilines is 1. The van der Waals surface area contributed by atoms with Crippen molar-refractivity contribution in [3.63, 3.8) is 0 Å². The fraction of sp³-hybridized carbons (Fsp3) is 0.636. The Hall–Kier alpha value is -1.52. The molecule has 0 unspecified atom stereocenters. The number of carbonyl (C=O) groups excluding carboxylic acids is 1. The van der Waals surface area contributed by atoms with E-state index in [1.54, 1.807) is 18.1 Å². The third-order valence-electron chi connectivity index (χ3n) is 2.22. The third kappa shape index (κ3) is 2.98. The van der Waals surface area contributed by atoms with Gasteiger partial charge in [0, 0.05) is 25.3 Å². The standard InChI is InChI=1S/C11H20N4O/c1-8(2)13-11(16)14(5)10-6-12-15(7-10)9(3)4/h6-9H,1-5H3,(H,13,16). The maximum absolute atomic E-state index is 11.7. The second-order valence-corrected chi connectivity index (χ2v) is 4.44. The molecule has 90 valence electrons. The van der Waals surface area contributed by atoms with Crippen LogP contribution in [0.4, 0.5) is 10.5 Å². The molecule has 1 N–H and O–H groups in total. The van der Waals surface area contributed by atoms with Crippen molar-refractivity contribution < 1.29 is 4.79 Å². The highest BCUT2D eigenvalue weighted by Gasteiger charge is 2.13. The van der Waals surface area contributed by atoms with Crippen LogP contribution in [0, 0.1) is 0 Å². The minimum Gasteiger partial charge on any atom is -0.336 e. The van der Waals surface area contributed by atoms with E-state index in [2.05, 4.69) is 10.4 Å². The fourth-order valence-electron chi connectivity index (χ4n) is 1.24. The molecule has 0 saturated carbocycles. The van der Waals surface area contributed by atoms with Crippen LogP contribution in [-0.4, -0.2) is 28.9 Å². The van der Waals surface area contributed by atoms with Crippen LogP contribution in [-0.2, 0) is 0 Å². The molecule has 0 spiro atoms. The Labute approximate surface area is 96.4 Å². The van der Waals surface area contributed by atoms with Crippen molar-refractivity contribution >= 4 is 11.7 Å². The summed E-state index contributed by atoms with van der Waals surface area (Å²) >= 11 is 0. The quantitative estimate of drug-likeness (QED) is 0.854. The van der Waals surface area contributed by atoms with E-state index in [9.17, 15) is 4.79 Å². The number of nitrogens with one attached hydrogen (secondary N) is 1. The zero-order valence-corrected chi connectivity index (χ0v) is 10.6. The Morgan fingerprint density at radius 2 is 2.06 bits per heavy atom. The van der Waals surface area contributed by atoms with Crippen molar-refractivity contribution in [3.05, 3.63) is 12.4 Å². The zero-order chi connectivity index (χ0) is 12.3. The van der Waals surface area contributed by atoms with E-state index in [0.29, 0.717) is 6.04 Å². The lowest BCUT2D eigenvalue weighted by atomic mass is 10.4. The number of aromatic nitrogens is 2. The largest absolute Gasteiger partial charge is 0.336 e. The van der Waals surface area contributed by atoms with Gasteiger partial charge >= 0.3 is 6.03 Å². The van der Waals surface area contributed by atoms with Crippen LogP contribution in [0.2, 0.25) is 0 Å². The summed E-state index contributed by atoms with van der Waals surface area (Å²) in [5.41, 5.74) is 0.798. The van der Waals surface area contributed by atoms with Crippen LogP contribution in [0.1, 0.15) is 33.7 Å². The molecule has 16 heavy (non-hydrogen) atoms. The van der Waals surface area contributed by atoms with Gasteiger partial charge in [0.2, 0.25) is 0 Å². The summed E-state index contributed by atoms with van der Waals surface area (Å²) in [7, 11) is 1.74. The molecule has 0 saturated heterocycles. The third-order valence-corrected chi connectivity index (χ3v) is 2.22. The Morgan fingerprint density at radius 3 is 2.50 bits per heavy atom. The van der Waals surface area contributed by atoms with Crippen LogP contribution < -0.4 is 10.2 Å². The Bertz CT molecular complexity index is 357. The van der Waals surface area contributed by atoms with Gasteiger partial charge in [-0.3, -0.25) is 9.58 Å². The first-order valence-corrected chi connectivity index (χ1v) is 5.50. The van der Waals surface area contributed by atoms with Crippen LogP contribution in [0.15, 0.2) is 12.4 Å². The van der Waals surface area contributed by atoms with Gasteiger partial charge in [-0.15, -0.1) is 0 Å². The fourth-order valence-corrected chi connectivity index (χ4v) is 1.24. The molecule has 2 amide bonds. The number of hydrogen-bond acceptors (Lipinski definition) is 2. The number of hydrogen-bond donors (Lipinski definition) is 1. The molecule has 0 atom stereocenters. The highest BCUT2D eigenvalue weighted by atomic mass is 16.2. The summed E-state index contributed by atoms with van der Waals surface area (Å²) < 4.78 is 1.83. The SMILES string of the molecule is CC(C)NC(=O)N(C)c1cnn(C(C)C)c1. The lowest BCUT2D eigenvalue weighted by Gasteiger charge is -2.17. The van der Waals surface area contributed by atoms with E-state index in [-0.39, 0.29) is 12.1 Å². The predicted octanol–water partition coefficient (Wildman–Crippen LogP) is 2.02. The van der Waals surface area contributed by atoms with Gasteiger partial charge in [-0.25, -0.2) is 4.79 Å². The normalized spacial score (nSPS) is 10.9. The molecule has 5 heteroatoms. The summed E-state index contributed by atoms with van der Waals surface area (Å²) in [6.07, 6.45) is 3.56. The van der Waals surface area contributed by atoms with Gasteiger partial charge in [0.05, 0.1) is 11.9 Å². The van der Waals surface area contributed by atoms with E-state index in [0.717, 1.165) is 5.69 Å². The molecule has 0 aliphatic carbocycles. The molecule has 1 heterocycles. The van der Waals surface area contributed by atoms with Crippen LogP contribution in [0.25, 0.3) is 0 Å². The van der Waals surface area contributed by atoms with Crippen LogP contribution in [0.3, 0.4) is 0 Å². The van der Waals surface area contributed by atoms with Gasteiger partial charge < -0.3 is 5.32 Å². The minimum atomic E-state index is -0.113. The van der Waals surface area contributed by atoms with Crippen molar-refractivity contribution in [2.45, 2.75) is 39.8 Å². The summed E-state index contributed by atoms with van der Waals surface area (Å²) in [4.78, 5) is 13.3. The van der Waals surface area contributed by atoms with E-state index in [1.807, 2.05) is 38.6 Å². The average Bonchev–Trinajstić information content (AvgIpc) is 2.64. The maximum Gasteiger partial charge on any atom is 0.321 e. The molecular weight excluding hydrogens is 204 g/mol. The van der Waals surface area contributed by atoms with E-state index in [4.69, 9.17) is 0 Å². The first-order chi connectivity index (χ1) is 7.41. The van der Waals surface area contributed by atoms with Crippen molar-refractivity contribution in [2.24, 2.45) is 0 Å². The van der Waals surface area contributed by atoms with E-state index < -0.39 is 0 Å². The van der Waals surface area contributed by atoms with Gasteiger partial charge in [0.1, 0.15) is 0 Å². The van der Waals surface area contributed by atoms with Crippen molar-refractivity contribution in [1.82, 2.24) is 15.1 Å². The molecule has 0 aromatic carbocycles. The molecule has 0 aliphatic heterocycles. The molecule has 0 fully saturated rings. The summed E-state index contributed by atoms with van der Waals surface area (Å²) in [6.45, 7) is 7.96. The van der Waals surface area contributed by atoms with Crippen LogP contribution >= 0.6 is 0 Å². The first-order valence-electron chi connectivity index (χ1n) is 5.50. The number of amides is 2.